The number of aromatic nitrogens is 2. The SMILES string of the molecule is O=C(c1nc2ccccc2nc1O)N1CCCC1Cc1cccc(F)c1. The van der Waals surface area contributed by atoms with Crippen molar-refractivity contribution < 1.29 is 14.3 Å². The first-order valence-corrected chi connectivity index (χ1v) is 8.63. The topological polar surface area (TPSA) is 66.3 Å². The van der Waals surface area contributed by atoms with Crippen LogP contribution >= 0.6 is 0 Å². The number of para-hydroxylation sites is 2. The van der Waals surface area contributed by atoms with Crippen molar-refractivity contribution in [3.05, 3.63) is 65.6 Å². The number of hydrogen-bond acceptors (Lipinski definition) is 4. The Hall–Kier alpha value is -3.02. The summed E-state index contributed by atoms with van der Waals surface area (Å²) in [6, 6.07) is 13.5. The average Bonchev–Trinajstić information content (AvgIpc) is 3.08. The Kier molecular flexibility index (Phi) is 4.24. The maximum absolute atomic E-state index is 13.4. The third-order valence-corrected chi connectivity index (χ3v) is 4.75. The van der Waals surface area contributed by atoms with Crippen molar-refractivity contribution in [2.45, 2.75) is 25.3 Å². The van der Waals surface area contributed by atoms with Gasteiger partial charge in [-0.2, -0.15) is 0 Å². The third kappa shape index (κ3) is 3.10. The molecule has 2 aromatic carbocycles. The zero-order valence-corrected chi connectivity index (χ0v) is 14.1. The standard InChI is InChI=1S/C20H18FN3O2/c21-14-6-3-5-13(11-14)12-15-7-4-10-24(15)20(26)18-19(25)23-17-9-2-1-8-16(17)22-18/h1-3,5-6,8-9,11,15H,4,7,10,12H2,(H,23,25). The highest BCUT2D eigenvalue weighted by Gasteiger charge is 2.32. The fraction of sp³-hybridized carbons (Fsp3) is 0.250. The lowest BCUT2D eigenvalue weighted by molar-refractivity contribution is 0.0726. The van der Waals surface area contributed by atoms with Crippen molar-refractivity contribution in [1.82, 2.24) is 14.9 Å². The summed E-state index contributed by atoms with van der Waals surface area (Å²) in [7, 11) is 0. The molecule has 3 aromatic rings. The van der Waals surface area contributed by atoms with Gasteiger partial charge in [0.05, 0.1) is 11.0 Å². The van der Waals surface area contributed by atoms with Gasteiger partial charge in [0.2, 0.25) is 5.88 Å². The molecule has 6 heteroatoms. The van der Waals surface area contributed by atoms with Gasteiger partial charge in [0.25, 0.3) is 5.91 Å². The molecule has 0 spiro atoms. The van der Waals surface area contributed by atoms with Crippen LogP contribution in [0.4, 0.5) is 4.39 Å². The van der Waals surface area contributed by atoms with Crippen LogP contribution in [0.25, 0.3) is 11.0 Å². The molecule has 1 fully saturated rings. The van der Waals surface area contributed by atoms with Crippen molar-refractivity contribution in [3.8, 4) is 5.88 Å². The Bertz CT molecular complexity index is 976. The van der Waals surface area contributed by atoms with Gasteiger partial charge in [0.1, 0.15) is 5.82 Å². The molecule has 1 amide bonds. The number of nitrogens with zero attached hydrogens (tertiary/aromatic N) is 3. The van der Waals surface area contributed by atoms with E-state index in [-0.39, 0.29) is 29.3 Å². The monoisotopic (exact) mass is 351 g/mol. The number of carbonyl (C=O) groups is 1. The van der Waals surface area contributed by atoms with Crippen molar-refractivity contribution >= 4 is 16.9 Å². The molecule has 0 radical (unpaired) electrons. The van der Waals surface area contributed by atoms with Crippen LogP contribution < -0.4 is 0 Å². The van der Waals surface area contributed by atoms with Crippen molar-refractivity contribution in [2.24, 2.45) is 0 Å². The summed E-state index contributed by atoms with van der Waals surface area (Å²) < 4.78 is 13.4. The molecule has 0 saturated carbocycles. The highest BCUT2D eigenvalue weighted by molar-refractivity contribution is 5.96. The molecule has 1 N–H and O–H groups in total. The molecule has 4 rings (SSSR count). The second-order valence-corrected chi connectivity index (χ2v) is 6.51. The van der Waals surface area contributed by atoms with Gasteiger partial charge in [-0.25, -0.2) is 14.4 Å². The number of benzene rings is 2. The van der Waals surface area contributed by atoms with Gasteiger partial charge in [-0.1, -0.05) is 24.3 Å². The molecule has 1 saturated heterocycles. The van der Waals surface area contributed by atoms with Crippen molar-refractivity contribution in [3.63, 3.8) is 0 Å². The van der Waals surface area contributed by atoms with Crippen LogP contribution in [0.1, 0.15) is 28.9 Å². The first-order chi connectivity index (χ1) is 12.6. The van der Waals surface area contributed by atoms with Gasteiger partial charge in [-0.3, -0.25) is 4.79 Å². The summed E-state index contributed by atoms with van der Waals surface area (Å²) in [5.41, 5.74) is 1.92. The Balaban J connectivity index is 1.61. The molecular weight excluding hydrogens is 333 g/mol. The lowest BCUT2D eigenvalue weighted by Gasteiger charge is -2.24. The lowest BCUT2D eigenvalue weighted by Crippen LogP contribution is -2.37. The number of fused-ring (bicyclic) bond motifs is 1. The molecule has 1 atom stereocenters. The van der Waals surface area contributed by atoms with Gasteiger partial charge in [-0.05, 0) is 49.1 Å². The van der Waals surface area contributed by atoms with Crippen LogP contribution in [-0.4, -0.2) is 38.5 Å². The van der Waals surface area contributed by atoms with E-state index in [2.05, 4.69) is 9.97 Å². The number of rotatable bonds is 3. The van der Waals surface area contributed by atoms with E-state index in [1.807, 2.05) is 12.1 Å². The van der Waals surface area contributed by atoms with Crippen LogP contribution in [-0.2, 0) is 6.42 Å². The number of likely N-dealkylation sites (tertiary alicyclic amines) is 1. The number of hydrogen-bond donors (Lipinski definition) is 1. The maximum Gasteiger partial charge on any atom is 0.278 e. The summed E-state index contributed by atoms with van der Waals surface area (Å²) in [6.45, 7) is 0.590. The van der Waals surface area contributed by atoms with E-state index in [9.17, 15) is 14.3 Å². The molecule has 1 unspecified atom stereocenters. The minimum Gasteiger partial charge on any atom is -0.492 e. The van der Waals surface area contributed by atoms with E-state index in [0.29, 0.717) is 24.0 Å². The maximum atomic E-state index is 13.4. The third-order valence-electron chi connectivity index (χ3n) is 4.75. The average molecular weight is 351 g/mol. The zero-order valence-electron chi connectivity index (χ0n) is 14.1. The highest BCUT2D eigenvalue weighted by atomic mass is 19.1. The highest BCUT2D eigenvalue weighted by Crippen LogP contribution is 2.26. The fourth-order valence-electron chi connectivity index (χ4n) is 3.52. The predicted molar refractivity (Wildman–Crippen MR) is 95.4 cm³/mol. The number of halogens is 1. The summed E-state index contributed by atoms with van der Waals surface area (Å²) in [6.07, 6.45) is 2.28. The van der Waals surface area contributed by atoms with Gasteiger partial charge < -0.3 is 10.0 Å². The van der Waals surface area contributed by atoms with Crippen LogP contribution in [0, 0.1) is 5.82 Å². The minimum atomic E-state index is -0.356. The molecule has 2 heterocycles. The van der Waals surface area contributed by atoms with E-state index < -0.39 is 0 Å². The van der Waals surface area contributed by atoms with Gasteiger partial charge >= 0.3 is 0 Å². The Labute approximate surface area is 150 Å². The molecule has 132 valence electrons. The number of carbonyl (C=O) groups excluding carboxylic acids is 1. The summed E-state index contributed by atoms with van der Waals surface area (Å²) in [5, 5.41) is 10.2. The smallest absolute Gasteiger partial charge is 0.278 e. The van der Waals surface area contributed by atoms with E-state index >= 15 is 0 Å². The first kappa shape index (κ1) is 16.4. The Morgan fingerprint density at radius 2 is 1.92 bits per heavy atom. The number of aromatic hydroxyl groups is 1. The summed E-state index contributed by atoms with van der Waals surface area (Å²) >= 11 is 0. The lowest BCUT2D eigenvalue weighted by atomic mass is 10.0. The molecule has 0 bridgehead atoms. The first-order valence-electron chi connectivity index (χ1n) is 8.63. The molecule has 0 aliphatic carbocycles. The van der Waals surface area contributed by atoms with Gasteiger partial charge in [0.15, 0.2) is 5.69 Å². The Morgan fingerprint density at radius 1 is 1.15 bits per heavy atom. The molecule has 1 aliphatic heterocycles. The van der Waals surface area contributed by atoms with Gasteiger partial charge in [0, 0.05) is 12.6 Å². The summed E-state index contributed by atoms with van der Waals surface area (Å²) in [4.78, 5) is 23.1. The molecule has 1 aromatic heterocycles. The number of amides is 1. The second kappa shape index (κ2) is 6.71. The van der Waals surface area contributed by atoms with E-state index in [0.717, 1.165) is 18.4 Å². The van der Waals surface area contributed by atoms with E-state index in [4.69, 9.17) is 0 Å². The normalized spacial score (nSPS) is 17.0. The molecule has 5 nitrogen and oxygen atoms in total. The van der Waals surface area contributed by atoms with Crippen LogP contribution in [0.3, 0.4) is 0 Å². The van der Waals surface area contributed by atoms with Crippen LogP contribution in [0.2, 0.25) is 0 Å². The quantitative estimate of drug-likeness (QED) is 0.786. The molecular formula is C20H18FN3O2. The van der Waals surface area contributed by atoms with E-state index in [1.54, 1.807) is 29.2 Å². The summed E-state index contributed by atoms with van der Waals surface area (Å²) in [5.74, 6) is -0.971. The zero-order chi connectivity index (χ0) is 18.1. The van der Waals surface area contributed by atoms with E-state index in [1.165, 1.54) is 12.1 Å². The van der Waals surface area contributed by atoms with Crippen molar-refractivity contribution in [2.75, 3.05) is 6.54 Å². The van der Waals surface area contributed by atoms with Crippen LogP contribution in [0.15, 0.2) is 48.5 Å². The second-order valence-electron chi connectivity index (χ2n) is 6.51. The fourth-order valence-corrected chi connectivity index (χ4v) is 3.52. The predicted octanol–water partition coefficient (Wildman–Crippen LogP) is 3.32. The molecule has 1 aliphatic rings. The minimum absolute atomic E-state index is 0.0326. The van der Waals surface area contributed by atoms with Crippen LogP contribution in [0.5, 0.6) is 5.88 Å². The largest absolute Gasteiger partial charge is 0.492 e. The van der Waals surface area contributed by atoms with Crippen molar-refractivity contribution in [1.29, 1.82) is 0 Å². The van der Waals surface area contributed by atoms with Gasteiger partial charge in [-0.15, -0.1) is 0 Å². The Morgan fingerprint density at radius 3 is 2.69 bits per heavy atom. The molecule has 26 heavy (non-hydrogen) atoms.